The van der Waals surface area contributed by atoms with Gasteiger partial charge in [-0.1, -0.05) is 36.4 Å². The first-order valence-corrected chi connectivity index (χ1v) is 8.77. The molecule has 2 amide bonds. The summed E-state index contributed by atoms with van der Waals surface area (Å²) in [6, 6.07) is 13.5. The molecule has 0 unspecified atom stereocenters. The van der Waals surface area contributed by atoms with Gasteiger partial charge in [-0.2, -0.15) is 0 Å². The van der Waals surface area contributed by atoms with E-state index >= 15 is 0 Å². The minimum absolute atomic E-state index is 0.0797. The maximum Gasteiger partial charge on any atom is 0.326 e. The van der Waals surface area contributed by atoms with Crippen LogP contribution in [0.25, 0.3) is 0 Å². The van der Waals surface area contributed by atoms with Gasteiger partial charge in [0, 0.05) is 25.6 Å². The Morgan fingerprint density at radius 2 is 1.93 bits per heavy atom. The number of nitrogens with zero attached hydrogens (tertiary/aromatic N) is 2. The summed E-state index contributed by atoms with van der Waals surface area (Å²) in [5.41, 5.74) is 1.57. The van der Waals surface area contributed by atoms with Gasteiger partial charge in [-0.25, -0.2) is 4.79 Å². The fraction of sp³-hybridized carbons (Fsp3) is 0.300. The number of carboxylic acids is 1. The van der Waals surface area contributed by atoms with Crippen molar-refractivity contribution in [1.29, 1.82) is 0 Å². The number of likely N-dealkylation sites (tertiary alicyclic amines) is 1. The molecule has 140 valence electrons. The SMILES string of the molecule is O=C(N[C@H](Cc1ccccc1)C(=O)O)[C@@H]1CC(=O)N(Cc2ccccn2)C1. The van der Waals surface area contributed by atoms with E-state index in [1.807, 2.05) is 42.5 Å². The number of hydrogen-bond donors (Lipinski definition) is 2. The largest absolute Gasteiger partial charge is 0.480 e. The van der Waals surface area contributed by atoms with Gasteiger partial charge in [-0.05, 0) is 17.7 Å². The van der Waals surface area contributed by atoms with Gasteiger partial charge >= 0.3 is 5.97 Å². The molecule has 2 aromatic rings. The highest BCUT2D eigenvalue weighted by atomic mass is 16.4. The van der Waals surface area contributed by atoms with Gasteiger partial charge in [-0.3, -0.25) is 14.6 Å². The quantitative estimate of drug-likeness (QED) is 0.767. The molecule has 2 heterocycles. The zero-order valence-electron chi connectivity index (χ0n) is 14.7. The van der Waals surface area contributed by atoms with Crippen LogP contribution < -0.4 is 5.32 Å². The Morgan fingerprint density at radius 1 is 1.19 bits per heavy atom. The molecule has 1 aromatic carbocycles. The number of carbonyl (C=O) groups excluding carboxylic acids is 2. The summed E-state index contributed by atoms with van der Waals surface area (Å²) in [4.78, 5) is 42.0. The molecule has 1 aromatic heterocycles. The van der Waals surface area contributed by atoms with Crippen LogP contribution in [0, 0.1) is 5.92 Å². The zero-order chi connectivity index (χ0) is 19.2. The maximum atomic E-state index is 12.5. The van der Waals surface area contributed by atoms with Gasteiger partial charge < -0.3 is 15.3 Å². The topological polar surface area (TPSA) is 99.6 Å². The number of pyridine rings is 1. The summed E-state index contributed by atoms with van der Waals surface area (Å²) in [7, 11) is 0. The minimum Gasteiger partial charge on any atom is -0.480 e. The van der Waals surface area contributed by atoms with Gasteiger partial charge in [0.05, 0.1) is 18.2 Å². The Morgan fingerprint density at radius 3 is 2.59 bits per heavy atom. The van der Waals surface area contributed by atoms with Crippen LogP contribution in [0.4, 0.5) is 0 Å². The number of aromatic nitrogens is 1. The standard InChI is InChI=1S/C20H21N3O4/c24-18-11-15(12-23(18)13-16-8-4-5-9-21-16)19(25)22-17(20(26)27)10-14-6-2-1-3-7-14/h1-9,15,17H,10-13H2,(H,22,25)(H,26,27)/t15-,17-/m1/s1. The zero-order valence-corrected chi connectivity index (χ0v) is 14.7. The number of carboxylic acid groups (broad SMARTS) is 1. The molecular weight excluding hydrogens is 346 g/mol. The van der Waals surface area contributed by atoms with E-state index in [4.69, 9.17) is 0 Å². The van der Waals surface area contributed by atoms with Crippen molar-refractivity contribution in [2.75, 3.05) is 6.54 Å². The van der Waals surface area contributed by atoms with Gasteiger partial charge in [0.1, 0.15) is 6.04 Å². The number of benzene rings is 1. The van der Waals surface area contributed by atoms with Crippen LogP contribution in [0.3, 0.4) is 0 Å². The third-order valence-corrected chi connectivity index (χ3v) is 4.56. The monoisotopic (exact) mass is 367 g/mol. The van der Waals surface area contributed by atoms with Crippen molar-refractivity contribution < 1.29 is 19.5 Å². The van der Waals surface area contributed by atoms with E-state index in [0.717, 1.165) is 11.3 Å². The lowest BCUT2D eigenvalue weighted by Crippen LogP contribution is -2.45. The first-order valence-electron chi connectivity index (χ1n) is 8.77. The van der Waals surface area contributed by atoms with Crippen LogP contribution in [-0.2, 0) is 27.3 Å². The predicted octanol–water partition coefficient (Wildman–Crippen LogP) is 1.24. The van der Waals surface area contributed by atoms with Crippen molar-refractivity contribution in [1.82, 2.24) is 15.2 Å². The first-order chi connectivity index (χ1) is 13.0. The average molecular weight is 367 g/mol. The Balaban J connectivity index is 1.59. The molecule has 2 atom stereocenters. The number of rotatable bonds is 7. The van der Waals surface area contributed by atoms with Gasteiger partial charge in [0.2, 0.25) is 11.8 Å². The lowest BCUT2D eigenvalue weighted by molar-refractivity contribution is -0.142. The van der Waals surface area contributed by atoms with Crippen LogP contribution in [0.15, 0.2) is 54.7 Å². The lowest BCUT2D eigenvalue weighted by atomic mass is 10.0. The first kappa shape index (κ1) is 18.6. The molecule has 0 spiro atoms. The highest BCUT2D eigenvalue weighted by molar-refractivity contribution is 5.91. The second kappa shape index (κ2) is 8.44. The fourth-order valence-corrected chi connectivity index (χ4v) is 3.13. The van der Waals surface area contributed by atoms with Crippen molar-refractivity contribution in [3.63, 3.8) is 0 Å². The van der Waals surface area contributed by atoms with Crippen molar-refractivity contribution in [3.05, 3.63) is 66.0 Å². The predicted molar refractivity (Wildman–Crippen MR) is 97.5 cm³/mol. The summed E-state index contributed by atoms with van der Waals surface area (Å²) in [5.74, 6) is -2.19. The third-order valence-electron chi connectivity index (χ3n) is 4.56. The molecule has 1 fully saturated rings. The molecule has 1 saturated heterocycles. The van der Waals surface area contributed by atoms with Gasteiger partial charge in [-0.15, -0.1) is 0 Å². The van der Waals surface area contributed by atoms with Gasteiger partial charge in [0.25, 0.3) is 0 Å². The normalized spacial score (nSPS) is 17.6. The summed E-state index contributed by atoms with van der Waals surface area (Å²) < 4.78 is 0. The molecule has 2 N–H and O–H groups in total. The van der Waals surface area contributed by atoms with E-state index in [1.165, 1.54) is 0 Å². The Hall–Kier alpha value is -3.22. The molecule has 7 nitrogen and oxygen atoms in total. The summed E-state index contributed by atoms with van der Waals surface area (Å²) >= 11 is 0. The van der Waals surface area contributed by atoms with Crippen LogP contribution in [-0.4, -0.2) is 45.4 Å². The van der Waals surface area contributed by atoms with Gasteiger partial charge in [0.15, 0.2) is 0 Å². The second-order valence-electron chi connectivity index (χ2n) is 6.59. The van der Waals surface area contributed by atoms with Crippen LogP contribution in [0.2, 0.25) is 0 Å². The van der Waals surface area contributed by atoms with E-state index < -0.39 is 23.8 Å². The van der Waals surface area contributed by atoms with Crippen molar-refractivity contribution in [3.8, 4) is 0 Å². The molecule has 1 aliphatic heterocycles. The van der Waals surface area contributed by atoms with Crippen molar-refractivity contribution in [2.24, 2.45) is 5.92 Å². The van der Waals surface area contributed by atoms with Crippen LogP contribution in [0.1, 0.15) is 17.7 Å². The smallest absolute Gasteiger partial charge is 0.326 e. The average Bonchev–Trinajstić information content (AvgIpc) is 3.03. The number of carbonyl (C=O) groups is 3. The molecule has 27 heavy (non-hydrogen) atoms. The number of nitrogens with one attached hydrogen (secondary N) is 1. The van der Waals surface area contributed by atoms with E-state index in [0.29, 0.717) is 6.54 Å². The molecular formula is C20H21N3O4. The summed E-state index contributed by atoms with van der Waals surface area (Å²) in [6.07, 6.45) is 1.93. The number of amides is 2. The highest BCUT2D eigenvalue weighted by Crippen LogP contribution is 2.20. The second-order valence-corrected chi connectivity index (χ2v) is 6.59. The maximum absolute atomic E-state index is 12.5. The number of hydrogen-bond acceptors (Lipinski definition) is 4. The minimum atomic E-state index is -1.10. The van der Waals surface area contributed by atoms with E-state index in [2.05, 4.69) is 10.3 Å². The molecule has 0 aliphatic carbocycles. The highest BCUT2D eigenvalue weighted by Gasteiger charge is 2.36. The fourth-order valence-electron chi connectivity index (χ4n) is 3.13. The van der Waals surface area contributed by atoms with Crippen LogP contribution in [0.5, 0.6) is 0 Å². The third kappa shape index (κ3) is 4.91. The molecule has 1 aliphatic rings. The summed E-state index contributed by atoms with van der Waals surface area (Å²) in [5, 5.41) is 12.0. The number of aliphatic carboxylic acids is 1. The van der Waals surface area contributed by atoms with Crippen molar-refractivity contribution in [2.45, 2.75) is 25.4 Å². The van der Waals surface area contributed by atoms with E-state index in [-0.39, 0.29) is 25.3 Å². The molecule has 3 rings (SSSR count). The lowest BCUT2D eigenvalue weighted by Gasteiger charge is -2.18. The van der Waals surface area contributed by atoms with Crippen molar-refractivity contribution >= 4 is 17.8 Å². The van der Waals surface area contributed by atoms with Crippen LogP contribution >= 0.6 is 0 Å². The van der Waals surface area contributed by atoms with E-state index in [1.54, 1.807) is 17.2 Å². The molecule has 7 heteroatoms. The molecule has 0 radical (unpaired) electrons. The Labute approximate surface area is 157 Å². The van der Waals surface area contributed by atoms with E-state index in [9.17, 15) is 19.5 Å². The molecule has 0 bridgehead atoms. The molecule has 0 saturated carbocycles. The Bertz CT molecular complexity index is 810. The Kier molecular flexibility index (Phi) is 5.80. The summed E-state index contributed by atoms with van der Waals surface area (Å²) in [6.45, 7) is 0.606.